The molecule has 4 nitrogen and oxygen atoms in total. The Morgan fingerprint density at radius 3 is 2.43 bits per heavy atom. The minimum absolute atomic E-state index is 0.0857. The van der Waals surface area contributed by atoms with Gasteiger partial charge in [-0.25, -0.2) is 4.39 Å². The molecule has 1 aromatic heterocycles. The van der Waals surface area contributed by atoms with E-state index in [4.69, 9.17) is 0 Å². The number of amides is 1. The molecule has 2 aliphatic heterocycles. The molecule has 0 spiro atoms. The first-order valence-electron chi connectivity index (χ1n) is 8.00. The van der Waals surface area contributed by atoms with E-state index in [1.807, 2.05) is 19.1 Å². The maximum Gasteiger partial charge on any atom is 0.268 e. The fourth-order valence-electron chi connectivity index (χ4n) is 4.06. The van der Waals surface area contributed by atoms with E-state index in [9.17, 15) is 9.18 Å². The first kappa shape index (κ1) is 14.8. The van der Waals surface area contributed by atoms with Crippen LogP contribution in [0.1, 0.15) is 52.5 Å². The fraction of sp³-hybridized carbons (Fsp3) is 0.471. The Bertz CT molecular complexity index is 716. The van der Waals surface area contributed by atoms with E-state index in [-0.39, 0.29) is 23.8 Å². The molecular weight excluding hydrogens is 313 g/mol. The molecule has 0 saturated carbocycles. The van der Waals surface area contributed by atoms with E-state index in [0.717, 1.165) is 31.4 Å². The highest BCUT2D eigenvalue weighted by atomic mass is 32.1. The van der Waals surface area contributed by atoms with E-state index < -0.39 is 0 Å². The van der Waals surface area contributed by atoms with Gasteiger partial charge in [-0.3, -0.25) is 4.79 Å². The minimum Gasteiger partial charge on any atom is -0.332 e. The quantitative estimate of drug-likeness (QED) is 0.845. The minimum atomic E-state index is -0.197. The van der Waals surface area contributed by atoms with Gasteiger partial charge in [0.2, 0.25) is 0 Å². The molecule has 1 aromatic carbocycles. The van der Waals surface area contributed by atoms with Crippen LogP contribution in [0.5, 0.6) is 0 Å². The summed E-state index contributed by atoms with van der Waals surface area (Å²) in [6.07, 6.45) is 4.02. The molecule has 1 amide bonds. The van der Waals surface area contributed by atoms with E-state index in [1.165, 1.54) is 29.2 Å². The summed E-state index contributed by atoms with van der Waals surface area (Å²) in [6.45, 7) is 1.84. The summed E-state index contributed by atoms with van der Waals surface area (Å²) in [6, 6.07) is 7.38. The molecule has 2 aliphatic rings. The van der Waals surface area contributed by atoms with Crippen molar-refractivity contribution in [2.75, 3.05) is 0 Å². The normalized spacial score (nSPS) is 26.5. The predicted octanol–water partition coefficient (Wildman–Crippen LogP) is 3.54. The van der Waals surface area contributed by atoms with E-state index in [2.05, 4.69) is 14.5 Å². The van der Waals surface area contributed by atoms with Crippen molar-refractivity contribution < 1.29 is 9.18 Å². The summed E-state index contributed by atoms with van der Waals surface area (Å²) in [5, 5.41) is 3.96. The summed E-state index contributed by atoms with van der Waals surface area (Å²) >= 11 is 1.19. The van der Waals surface area contributed by atoms with Gasteiger partial charge in [-0.2, -0.15) is 0 Å². The fourth-order valence-corrected chi connectivity index (χ4v) is 4.66. The number of halogens is 1. The maximum atomic E-state index is 13.1. The van der Waals surface area contributed by atoms with E-state index >= 15 is 0 Å². The topological polar surface area (TPSA) is 46.1 Å². The van der Waals surface area contributed by atoms with Gasteiger partial charge in [-0.1, -0.05) is 16.6 Å². The van der Waals surface area contributed by atoms with Gasteiger partial charge in [0.15, 0.2) is 0 Å². The van der Waals surface area contributed by atoms with Crippen molar-refractivity contribution in [1.82, 2.24) is 14.5 Å². The van der Waals surface area contributed by atoms with Crippen LogP contribution >= 0.6 is 11.5 Å². The average Bonchev–Trinajstić information content (AvgIpc) is 3.08. The number of hydrogen-bond donors (Lipinski definition) is 0. The van der Waals surface area contributed by atoms with Gasteiger partial charge < -0.3 is 4.90 Å². The molecule has 6 heteroatoms. The Balaban J connectivity index is 1.55. The highest BCUT2D eigenvalue weighted by Gasteiger charge is 2.44. The third kappa shape index (κ3) is 2.55. The Morgan fingerprint density at radius 1 is 1.22 bits per heavy atom. The lowest BCUT2D eigenvalue weighted by Gasteiger charge is -2.39. The molecule has 2 saturated heterocycles. The molecule has 0 aliphatic carbocycles. The van der Waals surface area contributed by atoms with Gasteiger partial charge in [0, 0.05) is 12.1 Å². The summed E-state index contributed by atoms with van der Waals surface area (Å²) in [5.74, 6) is 0.304. The Labute approximate surface area is 138 Å². The zero-order valence-corrected chi connectivity index (χ0v) is 13.7. The van der Waals surface area contributed by atoms with Crippen molar-refractivity contribution >= 4 is 17.4 Å². The van der Waals surface area contributed by atoms with Crippen LogP contribution < -0.4 is 0 Å². The second-order valence-corrected chi connectivity index (χ2v) is 7.26. The van der Waals surface area contributed by atoms with Crippen LogP contribution in [0.25, 0.3) is 0 Å². The molecule has 0 N–H and O–H groups in total. The first-order chi connectivity index (χ1) is 11.1. The van der Waals surface area contributed by atoms with Gasteiger partial charge in [0.05, 0.1) is 5.69 Å². The van der Waals surface area contributed by atoms with Crippen molar-refractivity contribution in [3.8, 4) is 0 Å². The Kier molecular flexibility index (Phi) is 3.64. The second kappa shape index (κ2) is 5.67. The molecule has 1 unspecified atom stereocenters. The number of aromatic nitrogens is 2. The average molecular weight is 331 g/mol. The maximum absolute atomic E-state index is 13.1. The van der Waals surface area contributed by atoms with Gasteiger partial charge in [-0.15, -0.1) is 5.10 Å². The van der Waals surface area contributed by atoms with Crippen molar-refractivity contribution in [2.45, 2.75) is 50.6 Å². The molecule has 2 fully saturated rings. The number of aryl methyl sites for hydroxylation is 1. The SMILES string of the molecule is Cc1nnsc1C(=O)N1[C@@H]2CC[C@H]1CC(c1ccc(F)cc1)C2. The molecule has 2 bridgehead atoms. The first-order valence-corrected chi connectivity index (χ1v) is 8.78. The van der Waals surface area contributed by atoms with Crippen LogP contribution in [0.2, 0.25) is 0 Å². The van der Waals surface area contributed by atoms with Gasteiger partial charge in [0.1, 0.15) is 10.7 Å². The third-order valence-electron chi connectivity index (χ3n) is 5.15. The van der Waals surface area contributed by atoms with Crippen molar-refractivity contribution in [1.29, 1.82) is 0 Å². The van der Waals surface area contributed by atoms with Gasteiger partial charge in [0.25, 0.3) is 5.91 Å². The predicted molar refractivity (Wildman–Crippen MR) is 86.0 cm³/mol. The monoisotopic (exact) mass is 331 g/mol. The highest BCUT2D eigenvalue weighted by molar-refractivity contribution is 7.07. The zero-order chi connectivity index (χ0) is 16.0. The third-order valence-corrected chi connectivity index (χ3v) is 5.97. The van der Waals surface area contributed by atoms with Crippen molar-refractivity contribution in [3.63, 3.8) is 0 Å². The second-order valence-electron chi connectivity index (χ2n) is 6.50. The van der Waals surface area contributed by atoms with Crippen molar-refractivity contribution in [3.05, 3.63) is 46.2 Å². The van der Waals surface area contributed by atoms with E-state index in [1.54, 1.807) is 0 Å². The molecule has 4 rings (SSSR count). The smallest absolute Gasteiger partial charge is 0.268 e. The number of fused-ring (bicyclic) bond motifs is 2. The van der Waals surface area contributed by atoms with Gasteiger partial charge >= 0.3 is 0 Å². The Morgan fingerprint density at radius 2 is 1.87 bits per heavy atom. The number of hydrogen-bond acceptors (Lipinski definition) is 4. The van der Waals surface area contributed by atoms with Crippen LogP contribution in [0.3, 0.4) is 0 Å². The summed E-state index contributed by atoms with van der Waals surface area (Å²) in [7, 11) is 0. The van der Waals surface area contributed by atoms with Crippen LogP contribution in [-0.2, 0) is 0 Å². The van der Waals surface area contributed by atoms with Crippen molar-refractivity contribution in [2.24, 2.45) is 0 Å². The number of carbonyl (C=O) groups is 1. The summed E-state index contributed by atoms with van der Waals surface area (Å²) in [5.41, 5.74) is 1.91. The van der Waals surface area contributed by atoms with E-state index in [0.29, 0.717) is 10.8 Å². The summed E-state index contributed by atoms with van der Waals surface area (Å²) < 4.78 is 17.0. The Hall–Kier alpha value is -1.82. The molecular formula is C17H18FN3OS. The molecule has 23 heavy (non-hydrogen) atoms. The molecule has 2 aromatic rings. The zero-order valence-electron chi connectivity index (χ0n) is 12.9. The number of piperidine rings is 1. The molecule has 0 radical (unpaired) electrons. The molecule has 3 heterocycles. The lowest BCUT2D eigenvalue weighted by atomic mass is 9.85. The number of rotatable bonds is 2. The van der Waals surface area contributed by atoms with Crippen LogP contribution in [-0.4, -0.2) is 32.5 Å². The number of nitrogens with zero attached hydrogens (tertiary/aromatic N) is 3. The number of benzene rings is 1. The lowest BCUT2D eigenvalue weighted by Crippen LogP contribution is -2.46. The highest BCUT2D eigenvalue weighted by Crippen LogP contribution is 2.43. The molecule has 120 valence electrons. The standard InChI is InChI=1S/C17H18FN3OS/c1-10-16(23-20-19-10)17(22)21-14-6-7-15(21)9-12(8-14)11-2-4-13(18)5-3-11/h2-5,12,14-15H,6-9H2,1H3/t12?,14-,15+. The summed E-state index contributed by atoms with van der Waals surface area (Å²) in [4.78, 5) is 15.6. The lowest BCUT2D eigenvalue weighted by molar-refractivity contribution is 0.0575. The largest absolute Gasteiger partial charge is 0.332 e. The number of carbonyl (C=O) groups excluding carboxylic acids is 1. The van der Waals surface area contributed by atoms with Gasteiger partial charge in [-0.05, 0) is 67.8 Å². The van der Waals surface area contributed by atoms with Crippen LogP contribution in [0.4, 0.5) is 4.39 Å². The van der Waals surface area contributed by atoms with Crippen LogP contribution in [0.15, 0.2) is 24.3 Å². The van der Waals surface area contributed by atoms with Crippen LogP contribution in [0, 0.1) is 12.7 Å². The molecule has 3 atom stereocenters.